The summed E-state index contributed by atoms with van der Waals surface area (Å²) in [7, 11) is 0. The average molecular weight is 252 g/mol. The molecule has 0 unspecified atom stereocenters. The molecule has 98 valence electrons. The number of ketones is 1. The van der Waals surface area contributed by atoms with Gasteiger partial charge in [0, 0.05) is 11.1 Å². The van der Waals surface area contributed by atoms with Crippen LogP contribution in [0.2, 0.25) is 0 Å². The standard InChI is InChI=1S/C18H20O/c1-11-9-14(4)15(5)16(10-11)18(19)17-12(2)7-6-8-13(17)3/h6-10H,1-5H3. The van der Waals surface area contributed by atoms with Gasteiger partial charge in [-0.3, -0.25) is 4.79 Å². The largest absolute Gasteiger partial charge is 0.289 e. The monoisotopic (exact) mass is 252 g/mol. The maximum absolute atomic E-state index is 12.8. The van der Waals surface area contributed by atoms with E-state index >= 15 is 0 Å². The van der Waals surface area contributed by atoms with Crippen LogP contribution in [0.3, 0.4) is 0 Å². The molecule has 1 heteroatoms. The number of aryl methyl sites for hydroxylation is 4. The summed E-state index contributed by atoms with van der Waals surface area (Å²) in [5.41, 5.74) is 7.16. The molecule has 0 saturated carbocycles. The molecule has 2 aromatic rings. The third-order valence-electron chi connectivity index (χ3n) is 3.76. The molecular formula is C18H20O. The number of rotatable bonds is 2. The summed E-state index contributed by atoms with van der Waals surface area (Å²) >= 11 is 0. The highest BCUT2D eigenvalue weighted by Crippen LogP contribution is 2.23. The lowest BCUT2D eigenvalue weighted by Crippen LogP contribution is -2.09. The van der Waals surface area contributed by atoms with Crippen molar-refractivity contribution in [3.8, 4) is 0 Å². The van der Waals surface area contributed by atoms with E-state index < -0.39 is 0 Å². The molecule has 0 aliphatic heterocycles. The summed E-state index contributed by atoms with van der Waals surface area (Å²) in [6, 6.07) is 10.1. The summed E-state index contributed by atoms with van der Waals surface area (Å²) in [6.45, 7) is 10.1. The fourth-order valence-electron chi connectivity index (χ4n) is 2.58. The molecule has 0 aliphatic rings. The Morgan fingerprint density at radius 2 is 1.42 bits per heavy atom. The maximum atomic E-state index is 12.8. The Kier molecular flexibility index (Phi) is 3.57. The molecule has 0 aliphatic carbocycles. The second kappa shape index (κ2) is 5.00. The highest BCUT2D eigenvalue weighted by Gasteiger charge is 2.17. The minimum absolute atomic E-state index is 0.139. The normalized spacial score (nSPS) is 10.6. The van der Waals surface area contributed by atoms with Gasteiger partial charge in [-0.25, -0.2) is 0 Å². The van der Waals surface area contributed by atoms with Gasteiger partial charge in [-0.05, 0) is 62.9 Å². The van der Waals surface area contributed by atoms with Crippen molar-refractivity contribution < 1.29 is 4.79 Å². The van der Waals surface area contributed by atoms with E-state index in [9.17, 15) is 4.79 Å². The first kappa shape index (κ1) is 13.5. The average Bonchev–Trinajstić information content (AvgIpc) is 2.33. The number of hydrogen-bond acceptors (Lipinski definition) is 1. The van der Waals surface area contributed by atoms with Crippen molar-refractivity contribution in [3.63, 3.8) is 0 Å². The van der Waals surface area contributed by atoms with Crippen molar-refractivity contribution in [1.82, 2.24) is 0 Å². The van der Waals surface area contributed by atoms with Gasteiger partial charge in [0.05, 0.1) is 0 Å². The van der Waals surface area contributed by atoms with Crippen LogP contribution in [0.5, 0.6) is 0 Å². The van der Waals surface area contributed by atoms with Crippen LogP contribution < -0.4 is 0 Å². The summed E-state index contributed by atoms with van der Waals surface area (Å²) in [5, 5.41) is 0. The van der Waals surface area contributed by atoms with E-state index in [0.717, 1.165) is 33.4 Å². The first-order valence-electron chi connectivity index (χ1n) is 6.60. The molecule has 19 heavy (non-hydrogen) atoms. The van der Waals surface area contributed by atoms with Gasteiger partial charge in [0.2, 0.25) is 0 Å². The zero-order valence-electron chi connectivity index (χ0n) is 12.3. The van der Waals surface area contributed by atoms with Crippen LogP contribution in [0.1, 0.15) is 43.7 Å². The third-order valence-corrected chi connectivity index (χ3v) is 3.76. The molecule has 0 radical (unpaired) electrons. The predicted molar refractivity (Wildman–Crippen MR) is 80.0 cm³/mol. The molecule has 0 spiro atoms. The predicted octanol–water partition coefficient (Wildman–Crippen LogP) is 4.46. The molecule has 0 bridgehead atoms. The minimum atomic E-state index is 0.139. The molecule has 0 heterocycles. The first-order chi connectivity index (χ1) is 8.91. The Labute approximate surface area is 115 Å². The van der Waals surface area contributed by atoms with E-state index in [1.165, 1.54) is 5.56 Å². The second-order valence-corrected chi connectivity index (χ2v) is 5.35. The molecule has 1 nitrogen and oxygen atoms in total. The van der Waals surface area contributed by atoms with Gasteiger partial charge in [0.1, 0.15) is 0 Å². The van der Waals surface area contributed by atoms with Gasteiger partial charge in [-0.15, -0.1) is 0 Å². The van der Waals surface area contributed by atoms with Crippen LogP contribution in [0.25, 0.3) is 0 Å². The molecule has 0 saturated heterocycles. The fraction of sp³-hybridized carbons (Fsp3) is 0.278. The van der Waals surface area contributed by atoms with Crippen LogP contribution in [0.15, 0.2) is 30.3 Å². The van der Waals surface area contributed by atoms with Crippen LogP contribution in [0.4, 0.5) is 0 Å². The quantitative estimate of drug-likeness (QED) is 0.721. The zero-order valence-corrected chi connectivity index (χ0v) is 12.3. The lowest BCUT2D eigenvalue weighted by molar-refractivity contribution is 0.103. The first-order valence-corrected chi connectivity index (χ1v) is 6.60. The fourth-order valence-corrected chi connectivity index (χ4v) is 2.58. The number of benzene rings is 2. The van der Waals surface area contributed by atoms with Crippen LogP contribution >= 0.6 is 0 Å². The molecule has 0 N–H and O–H groups in total. The zero-order chi connectivity index (χ0) is 14.2. The summed E-state index contributed by atoms with van der Waals surface area (Å²) in [6.07, 6.45) is 0. The van der Waals surface area contributed by atoms with Crippen LogP contribution in [-0.4, -0.2) is 5.78 Å². The molecule has 2 aromatic carbocycles. The van der Waals surface area contributed by atoms with E-state index in [1.54, 1.807) is 0 Å². The van der Waals surface area contributed by atoms with Crippen LogP contribution in [0, 0.1) is 34.6 Å². The molecule has 0 amide bonds. The molecule has 0 fully saturated rings. The van der Waals surface area contributed by atoms with Crippen molar-refractivity contribution >= 4 is 5.78 Å². The van der Waals surface area contributed by atoms with E-state index in [1.807, 2.05) is 52.0 Å². The molecular weight excluding hydrogens is 232 g/mol. The highest BCUT2D eigenvalue weighted by atomic mass is 16.1. The molecule has 0 aromatic heterocycles. The van der Waals surface area contributed by atoms with Gasteiger partial charge >= 0.3 is 0 Å². The van der Waals surface area contributed by atoms with Crippen molar-refractivity contribution in [1.29, 1.82) is 0 Å². The third kappa shape index (κ3) is 2.46. The van der Waals surface area contributed by atoms with Gasteiger partial charge in [-0.2, -0.15) is 0 Å². The highest BCUT2D eigenvalue weighted by molar-refractivity contribution is 6.11. The van der Waals surface area contributed by atoms with E-state index in [2.05, 4.69) is 13.0 Å². The van der Waals surface area contributed by atoms with Crippen LogP contribution in [-0.2, 0) is 0 Å². The van der Waals surface area contributed by atoms with Gasteiger partial charge in [-0.1, -0.05) is 29.8 Å². The summed E-state index contributed by atoms with van der Waals surface area (Å²) < 4.78 is 0. The van der Waals surface area contributed by atoms with E-state index in [4.69, 9.17) is 0 Å². The Bertz CT molecular complexity index is 631. The smallest absolute Gasteiger partial charge is 0.193 e. The summed E-state index contributed by atoms with van der Waals surface area (Å²) in [5.74, 6) is 0.139. The van der Waals surface area contributed by atoms with Crippen molar-refractivity contribution in [2.24, 2.45) is 0 Å². The Hall–Kier alpha value is -1.89. The SMILES string of the molecule is Cc1cc(C)c(C)c(C(=O)c2c(C)cccc2C)c1. The van der Waals surface area contributed by atoms with Gasteiger partial charge < -0.3 is 0 Å². The lowest BCUT2D eigenvalue weighted by atomic mass is 9.90. The second-order valence-electron chi connectivity index (χ2n) is 5.35. The van der Waals surface area contributed by atoms with Crippen molar-refractivity contribution in [3.05, 3.63) is 69.3 Å². The van der Waals surface area contributed by atoms with E-state index in [-0.39, 0.29) is 5.78 Å². The van der Waals surface area contributed by atoms with Crippen molar-refractivity contribution in [2.75, 3.05) is 0 Å². The number of hydrogen-bond donors (Lipinski definition) is 0. The van der Waals surface area contributed by atoms with E-state index in [0.29, 0.717) is 0 Å². The Balaban J connectivity index is 2.63. The summed E-state index contributed by atoms with van der Waals surface area (Å²) in [4.78, 5) is 12.8. The van der Waals surface area contributed by atoms with Crippen molar-refractivity contribution in [2.45, 2.75) is 34.6 Å². The Morgan fingerprint density at radius 3 is 2.00 bits per heavy atom. The lowest BCUT2D eigenvalue weighted by Gasteiger charge is -2.13. The number of carbonyl (C=O) groups is 1. The van der Waals surface area contributed by atoms with Gasteiger partial charge in [0.25, 0.3) is 0 Å². The van der Waals surface area contributed by atoms with Gasteiger partial charge in [0.15, 0.2) is 5.78 Å². The Morgan fingerprint density at radius 1 is 0.842 bits per heavy atom. The minimum Gasteiger partial charge on any atom is -0.289 e. The maximum Gasteiger partial charge on any atom is 0.193 e. The number of carbonyl (C=O) groups excluding carboxylic acids is 1. The molecule has 2 rings (SSSR count). The topological polar surface area (TPSA) is 17.1 Å². The molecule has 0 atom stereocenters.